The van der Waals surface area contributed by atoms with Crippen molar-refractivity contribution in [2.24, 2.45) is 0 Å². The second-order valence-corrected chi connectivity index (χ2v) is 12.6. The van der Waals surface area contributed by atoms with E-state index < -0.39 is 0 Å². The van der Waals surface area contributed by atoms with Crippen LogP contribution in [0.2, 0.25) is 0 Å². The second-order valence-electron chi connectivity index (χ2n) is 12.6. The van der Waals surface area contributed by atoms with Crippen molar-refractivity contribution in [3.63, 3.8) is 0 Å². The molecule has 0 unspecified atom stereocenters. The molecule has 3 heteroatoms. The summed E-state index contributed by atoms with van der Waals surface area (Å²) in [5, 5.41) is 7.11. The predicted octanol–water partition coefficient (Wildman–Crippen LogP) is 13.0. The van der Waals surface area contributed by atoms with Gasteiger partial charge in [-0.25, -0.2) is 0 Å². The third-order valence-electron chi connectivity index (χ3n) is 9.75. The molecule has 10 rings (SSSR count). The maximum absolute atomic E-state index is 6.67. The smallest absolute Gasteiger partial charge is 0.136 e. The van der Waals surface area contributed by atoms with Gasteiger partial charge in [0.15, 0.2) is 0 Å². The van der Waals surface area contributed by atoms with Crippen molar-refractivity contribution in [2.75, 3.05) is 4.90 Å². The zero-order valence-corrected chi connectivity index (χ0v) is 26.6. The van der Waals surface area contributed by atoms with Crippen molar-refractivity contribution >= 4 is 71.6 Å². The Balaban J connectivity index is 1.19. The zero-order valence-electron chi connectivity index (χ0n) is 26.6. The Morgan fingerprint density at radius 2 is 1.00 bits per heavy atom. The molecule has 2 aromatic heterocycles. The summed E-state index contributed by atoms with van der Waals surface area (Å²) in [5.41, 5.74) is 11.0. The van der Waals surface area contributed by atoms with Crippen LogP contribution in [0.15, 0.2) is 186 Å². The van der Waals surface area contributed by atoms with Gasteiger partial charge in [0.2, 0.25) is 0 Å². The average Bonchev–Trinajstić information content (AvgIpc) is 3.71. The number of fused-ring (bicyclic) bond motifs is 8. The minimum Gasteiger partial charge on any atom is -0.456 e. The summed E-state index contributed by atoms with van der Waals surface area (Å²) in [4.78, 5) is 2.30. The molecular formula is C46H30N2O. The number of hydrogen-bond acceptors (Lipinski definition) is 2. The van der Waals surface area contributed by atoms with Crippen molar-refractivity contribution in [1.82, 2.24) is 4.57 Å². The van der Waals surface area contributed by atoms with Gasteiger partial charge in [-0.2, -0.15) is 0 Å². The quantitative estimate of drug-likeness (QED) is 0.190. The van der Waals surface area contributed by atoms with E-state index >= 15 is 0 Å². The SMILES string of the molecule is c1ccc(N(c2ccccc2)c2ccc3oc4cc(-c5ccc6c(c5)c5ccccc5n6-c5ccccc5)c5ccccc5c4c3c2)cc1. The molecule has 10 aromatic rings. The summed E-state index contributed by atoms with van der Waals surface area (Å²) in [7, 11) is 0. The number of benzene rings is 8. The Morgan fingerprint density at radius 3 is 1.73 bits per heavy atom. The number of furan rings is 1. The first-order valence-electron chi connectivity index (χ1n) is 16.7. The van der Waals surface area contributed by atoms with Crippen LogP contribution in [-0.2, 0) is 0 Å². The average molecular weight is 627 g/mol. The van der Waals surface area contributed by atoms with Gasteiger partial charge >= 0.3 is 0 Å². The maximum atomic E-state index is 6.67. The van der Waals surface area contributed by atoms with Crippen molar-refractivity contribution in [2.45, 2.75) is 0 Å². The summed E-state index contributed by atoms with van der Waals surface area (Å²) < 4.78 is 9.03. The molecule has 0 radical (unpaired) electrons. The number of nitrogens with zero attached hydrogens (tertiary/aromatic N) is 2. The molecule has 0 aliphatic heterocycles. The van der Waals surface area contributed by atoms with Crippen molar-refractivity contribution < 1.29 is 4.42 Å². The van der Waals surface area contributed by atoms with Gasteiger partial charge < -0.3 is 13.9 Å². The van der Waals surface area contributed by atoms with Crippen LogP contribution in [0.4, 0.5) is 17.1 Å². The van der Waals surface area contributed by atoms with E-state index in [0.717, 1.165) is 50.3 Å². The Hall–Kier alpha value is -6.58. The lowest BCUT2D eigenvalue weighted by atomic mass is 9.94. The van der Waals surface area contributed by atoms with E-state index in [-0.39, 0.29) is 0 Å². The third kappa shape index (κ3) is 4.37. The standard InChI is InChI=1S/C46H30N2O/c1-4-14-32(15-5-1)47(33-16-6-2-7-17-33)35-25-27-44-41(29-35)46-38-22-11-10-20-36(38)39(30-45(46)49-44)31-24-26-43-40(28-31)37-21-12-13-23-42(37)48(43)34-18-8-3-9-19-34/h1-30H. The molecule has 0 amide bonds. The lowest BCUT2D eigenvalue weighted by Gasteiger charge is -2.25. The van der Waals surface area contributed by atoms with Crippen LogP contribution in [0.1, 0.15) is 0 Å². The number of aromatic nitrogens is 1. The highest BCUT2D eigenvalue weighted by Crippen LogP contribution is 2.44. The number of rotatable bonds is 5. The fraction of sp³-hybridized carbons (Fsp3) is 0. The molecule has 0 N–H and O–H groups in total. The zero-order chi connectivity index (χ0) is 32.3. The highest BCUT2D eigenvalue weighted by molar-refractivity contribution is 6.23. The van der Waals surface area contributed by atoms with E-state index in [2.05, 4.69) is 191 Å². The molecule has 2 heterocycles. The van der Waals surface area contributed by atoms with E-state index in [1.807, 2.05) is 0 Å². The lowest BCUT2D eigenvalue weighted by molar-refractivity contribution is 0.669. The molecule has 0 saturated carbocycles. The Morgan fingerprint density at radius 1 is 0.388 bits per heavy atom. The van der Waals surface area contributed by atoms with Crippen molar-refractivity contribution in [1.29, 1.82) is 0 Å². The molecule has 3 nitrogen and oxygen atoms in total. The van der Waals surface area contributed by atoms with Gasteiger partial charge in [-0.1, -0.05) is 103 Å². The van der Waals surface area contributed by atoms with Gasteiger partial charge in [-0.05, 0) is 101 Å². The predicted molar refractivity (Wildman–Crippen MR) is 206 cm³/mol. The van der Waals surface area contributed by atoms with Gasteiger partial charge in [-0.3, -0.25) is 0 Å². The molecular weight excluding hydrogens is 597 g/mol. The van der Waals surface area contributed by atoms with E-state index in [0.29, 0.717) is 0 Å². The minimum atomic E-state index is 0.878. The van der Waals surface area contributed by atoms with Gasteiger partial charge in [0.1, 0.15) is 11.2 Å². The normalized spacial score (nSPS) is 11.7. The van der Waals surface area contributed by atoms with Crippen LogP contribution >= 0.6 is 0 Å². The Labute approximate surface area is 283 Å². The first kappa shape index (κ1) is 27.5. The molecule has 0 atom stereocenters. The van der Waals surface area contributed by atoms with Crippen molar-refractivity contribution in [3.8, 4) is 16.8 Å². The first-order valence-corrected chi connectivity index (χ1v) is 16.7. The van der Waals surface area contributed by atoms with Crippen LogP contribution in [0, 0.1) is 0 Å². The largest absolute Gasteiger partial charge is 0.456 e. The van der Waals surface area contributed by atoms with Crippen LogP contribution < -0.4 is 4.90 Å². The highest BCUT2D eigenvalue weighted by Gasteiger charge is 2.19. The van der Waals surface area contributed by atoms with Gasteiger partial charge in [0, 0.05) is 44.3 Å². The molecule has 49 heavy (non-hydrogen) atoms. The summed E-state index contributed by atoms with van der Waals surface area (Å²) in [6.45, 7) is 0. The number of anilines is 3. The third-order valence-corrected chi connectivity index (χ3v) is 9.75. The van der Waals surface area contributed by atoms with Crippen LogP contribution in [-0.4, -0.2) is 4.57 Å². The molecule has 0 aliphatic rings. The summed E-state index contributed by atoms with van der Waals surface area (Å²) in [6.07, 6.45) is 0. The van der Waals surface area contributed by atoms with E-state index in [4.69, 9.17) is 4.42 Å². The minimum absolute atomic E-state index is 0.878. The first-order chi connectivity index (χ1) is 24.3. The molecule has 8 aromatic carbocycles. The number of para-hydroxylation sites is 4. The Bertz CT molecular complexity index is 2770. The van der Waals surface area contributed by atoms with Crippen LogP contribution in [0.3, 0.4) is 0 Å². The van der Waals surface area contributed by atoms with E-state index in [1.165, 1.54) is 38.1 Å². The highest BCUT2D eigenvalue weighted by atomic mass is 16.3. The Kier molecular flexibility index (Phi) is 6.18. The van der Waals surface area contributed by atoms with Crippen LogP contribution in [0.5, 0.6) is 0 Å². The number of hydrogen-bond donors (Lipinski definition) is 0. The summed E-state index contributed by atoms with van der Waals surface area (Å²) in [6, 6.07) is 64.8. The van der Waals surface area contributed by atoms with Gasteiger partial charge in [0.05, 0.1) is 11.0 Å². The summed E-state index contributed by atoms with van der Waals surface area (Å²) in [5.74, 6) is 0. The molecule has 0 fully saturated rings. The van der Waals surface area contributed by atoms with E-state index in [1.54, 1.807) is 0 Å². The fourth-order valence-electron chi connectivity index (χ4n) is 7.60. The lowest BCUT2D eigenvalue weighted by Crippen LogP contribution is -2.09. The van der Waals surface area contributed by atoms with Crippen LogP contribution in [0.25, 0.3) is 71.3 Å². The van der Waals surface area contributed by atoms with Crippen molar-refractivity contribution in [3.05, 3.63) is 182 Å². The monoisotopic (exact) mass is 626 g/mol. The van der Waals surface area contributed by atoms with E-state index in [9.17, 15) is 0 Å². The molecule has 0 saturated heterocycles. The second kappa shape index (κ2) is 11.0. The van der Waals surface area contributed by atoms with Gasteiger partial charge in [-0.15, -0.1) is 0 Å². The fourth-order valence-corrected chi connectivity index (χ4v) is 7.60. The van der Waals surface area contributed by atoms with Gasteiger partial charge in [0.25, 0.3) is 0 Å². The maximum Gasteiger partial charge on any atom is 0.136 e. The molecule has 0 bridgehead atoms. The molecule has 230 valence electrons. The summed E-state index contributed by atoms with van der Waals surface area (Å²) >= 11 is 0. The molecule has 0 aliphatic carbocycles. The molecule has 0 spiro atoms. The topological polar surface area (TPSA) is 21.3 Å².